The summed E-state index contributed by atoms with van der Waals surface area (Å²) in [7, 11) is 1.66. The number of hydrogen-bond acceptors (Lipinski definition) is 5. The van der Waals surface area contributed by atoms with Crippen LogP contribution in [0.2, 0.25) is 0 Å². The second-order valence-corrected chi connectivity index (χ2v) is 5.92. The zero-order chi connectivity index (χ0) is 15.9. The number of aromatic nitrogens is 2. The fourth-order valence-corrected chi connectivity index (χ4v) is 2.80. The molecule has 1 amide bonds. The number of nitrogens with one attached hydrogen (secondary N) is 1. The molecular weight excluding hydrogens is 298 g/mol. The Morgan fingerprint density at radius 1 is 1.36 bits per heavy atom. The molecule has 0 aliphatic heterocycles. The number of aryl methyl sites for hydroxylation is 2. The third-order valence-electron chi connectivity index (χ3n) is 3.50. The second kappa shape index (κ2) is 7.89. The highest BCUT2D eigenvalue weighted by Gasteiger charge is 2.16. The van der Waals surface area contributed by atoms with Gasteiger partial charge >= 0.3 is 0 Å². The lowest BCUT2D eigenvalue weighted by Gasteiger charge is -2.13. The monoisotopic (exact) mass is 319 g/mol. The normalized spacial score (nSPS) is 12.0. The van der Waals surface area contributed by atoms with E-state index in [0.717, 1.165) is 42.2 Å². The third-order valence-corrected chi connectivity index (χ3v) is 4.27. The molecule has 0 aliphatic rings. The summed E-state index contributed by atoms with van der Waals surface area (Å²) in [4.78, 5) is 12.8. The number of ether oxygens (including phenoxy) is 1. The molecule has 6 heteroatoms. The van der Waals surface area contributed by atoms with E-state index in [1.54, 1.807) is 7.11 Å². The minimum Gasteiger partial charge on any atom is -0.497 e. The van der Waals surface area contributed by atoms with Crippen molar-refractivity contribution in [1.29, 1.82) is 0 Å². The Hall–Kier alpha value is -1.95. The highest BCUT2D eigenvalue weighted by atomic mass is 32.1. The summed E-state index contributed by atoms with van der Waals surface area (Å²) >= 11 is 1.16. The Balaban J connectivity index is 1.84. The smallest absolute Gasteiger partial charge is 0.265 e. The van der Waals surface area contributed by atoms with Crippen molar-refractivity contribution < 1.29 is 9.53 Å². The number of hydrogen-bond donors (Lipinski definition) is 1. The molecule has 1 aromatic heterocycles. The Morgan fingerprint density at radius 2 is 2.09 bits per heavy atom. The maximum atomic E-state index is 12.2. The maximum absolute atomic E-state index is 12.2. The van der Waals surface area contributed by atoms with Gasteiger partial charge in [-0.2, -0.15) is 0 Å². The highest BCUT2D eigenvalue weighted by molar-refractivity contribution is 7.08. The minimum atomic E-state index is -0.0749. The number of methoxy groups -OCH3 is 1. The molecule has 0 aliphatic carbocycles. The van der Waals surface area contributed by atoms with Gasteiger partial charge in [-0.25, -0.2) is 0 Å². The minimum absolute atomic E-state index is 0.0749. The summed E-state index contributed by atoms with van der Waals surface area (Å²) in [6.07, 6.45) is 2.51. The van der Waals surface area contributed by atoms with Crippen LogP contribution in [-0.2, 0) is 12.8 Å². The molecule has 0 spiro atoms. The fourth-order valence-electron chi connectivity index (χ4n) is 2.15. The predicted molar refractivity (Wildman–Crippen MR) is 87.5 cm³/mol. The van der Waals surface area contributed by atoms with Gasteiger partial charge in [0.05, 0.1) is 12.8 Å². The van der Waals surface area contributed by atoms with Crippen LogP contribution >= 0.6 is 11.5 Å². The first kappa shape index (κ1) is 16.4. The van der Waals surface area contributed by atoms with Gasteiger partial charge in [0.1, 0.15) is 10.6 Å². The SMILES string of the molecule is CCc1nnsc1C(=O)N[C@H](C)CCc1ccc(OC)cc1. The molecule has 0 saturated carbocycles. The van der Waals surface area contributed by atoms with Crippen molar-refractivity contribution >= 4 is 17.4 Å². The molecule has 1 N–H and O–H groups in total. The van der Waals surface area contributed by atoms with Crippen LogP contribution in [0.3, 0.4) is 0 Å². The number of carbonyl (C=O) groups excluding carboxylic acids is 1. The van der Waals surface area contributed by atoms with E-state index in [-0.39, 0.29) is 11.9 Å². The summed E-state index contributed by atoms with van der Waals surface area (Å²) in [6, 6.07) is 8.11. The molecule has 0 unspecified atom stereocenters. The molecule has 1 aromatic carbocycles. The Labute approximate surface area is 134 Å². The number of nitrogens with zero attached hydrogens (tertiary/aromatic N) is 2. The lowest BCUT2D eigenvalue weighted by molar-refractivity contribution is 0.0941. The molecule has 0 bridgehead atoms. The van der Waals surface area contributed by atoms with Crippen molar-refractivity contribution in [2.24, 2.45) is 0 Å². The van der Waals surface area contributed by atoms with Gasteiger partial charge in [-0.1, -0.05) is 23.5 Å². The van der Waals surface area contributed by atoms with Gasteiger partial charge in [-0.3, -0.25) is 4.79 Å². The van der Waals surface area contributed by atoms with Crippen LogP contribution in [-0.4, -0.2) is 28.6 Å². The zero-order valence-corrected chi connectivity index (χ0v) is 13.9. The quantitative estimate of drug-likeness (QED) is 0.852. The molecule has 0 fully saturated rings. The van der Waals surface area contributed by atoms with Crippen LogP contribution in [0.25, 0.3) is 0 Å². The lowest BCUT2D eigenvalue weighted by Crippen LogP contribution is -2.32. The molecule has 0 saturated heterocycles. The van der Waals surface area contributed by atoms with Gasteiger partial charge in [0.25, 0.3) is 5.91 Å². The topological polar surface area (TPSA) is 64.1 Å². The molecule has 2 rings (SSSR count). The first-order valence-corrected chi connectivity index (χ1v) is 8.16. The van der Waals surface area contributed by atoms with Crippen LogP contribution < -0.4 is 10.1 Å². The summed E-state index contributed by atoms with van der Waals surface area (Å²) in [6.45, 7) is 3.99. The standard InChI is InChI=1S/C16H21N3O2S/c1-4-14-15(22-19-18-14)16(20)17-11(2)5-6-12-7-9-13(21-3)10-8-12/h7-11H,4-6H2,1-3H3,(H,17,20)/t11-/m1/s1. The number of benzene rings is 1. The zero-order valence-electron chi connectivity index (χ0n) is 13.1. The van der Waals surface area contributed by atoms with E-state index in [2.05, 4.69) is 27.0 Å². The molecule has 22 heavy (non-hydrogen) atoms. The first-order valence-electron chi connectivity index (χ1n) is 7.39. The van der Waals surface area contributed by atoms with Crippen LogP contribution in [0, 0.1) is 0 Å². The lowest BCUT2D eigenvalue weighted by atomic mass is 10.1. The summed E-state index contributed by atoms with van der Waals surface area (Å²) in [5, 5.41) is 6.99. The summed E-state index contributed by atoms with van der Waals surface area (Å²) in [5.74, 6) is 0.781. The Kier molecular flexibility index (Phi) is 5.89. The Morgan fingerprint density at radius 3 is 2.73 bits per heavy atom. The van der Waals surface area contributed by atoms with Crippen molar-refractivity contribution in [3.8, 4) is 5.75 Å². The van der Waals surface area contributed by atoms with E-state index in [4.69, 9.17) is 4.74 Å². The van der Waals surface area contributed by atoms with Crippen molar-refractivity contribution in [2.45, 2.75) is 39.2 Å². The number of rotatable bonds is 7. The fraction of sp³-hybridized carbons (Fsp3) is 0.438. The molecule has 2 aromatic rings. The highest BCUT2D eigenvalue weighted by Crippen LogP contribution is 2.14. The maximum Gasteiger partial charge on any atom is 0.265 e. The van der Waals surface area contributed by atoms with E-state index in [9.17, 15) is 4.79 Å². The van der Waals surface area contributed by atoms with E-state index in [1.807, 2.05) is 26.0 Å². The molecule has 1 atom stereocenters. The van der Waals surface area contributed by atoms with Gasteiger partial charge in [-0.15, -0.1) is 5.10 Å². The van der Waals surface area contributed by atoms with E-state index >= 15 is 0 Å². The largest absolute Gasteiger partial charge is 0.497 e. The van der Waals surface area contributed by atoms with Crippen molar-refractivity contribution in [2.75, 3.05) is 7.11 Å². The van der Waals surface area contributed by atoms with Crippen LogP contribution in [0.5, 0.6) is 5.75 Å². The van der Waals surface area contributed by atoms with Gasteiger partial charge in [0, 0.05) is 6.04 Å². The number of carbonyl (C=O) groups is 1. The van der Waals surface area contributed by atoms with Crippen LogP contribution in [0.4, 0.5) is 0 Å². The molecule has 1 heterocycles. The Bertz CT molecular complexity index is 610. The van der Waals surface area contributed by atoms with E-state index < -0.39 is 0 Å². The van der Waals surface area contributed by atoms with Crippen molar-refractivity contribution in [3.63, 3.8) is 0 Å². The second-order valence-electron chi connectivity index (χ2n) is 5.16. The average molecular weight is 319 g/mol. The molecular formula is C16H21N3O2S. The molecule has 118 valence electrons. The van der Waals surface area contributed by atoms with Gasteiger partial charge in [-0.05, 0) is 55.4 Å². The van der Waals surface area contributed by atoms with Gasteiger partial charge in [0.15, 0.2) is 0 Å². The summed E-state index contributed by atoms with van der Waals surface area (Å²) in [5.41, 5.74) is 2.00. The van der Waals surface area contributed by atoms with Crippen LogP contribution in [0.15, 0.2) is 24.3 Å². The van der Waals surface area contributed by atoms with Crippen molar-refractivity contribution in [1.82, 2.24) is 14.9 Å². The van der Waals surface area contributed by atoms with Crippen LogP contribution in [0.1, 0.15) is 41.2 Å². The van der Waals surface area contributed by atoms with Gasteiger partial charge < -0.3 is 10.1 Å². The predicted octanol–water partition coefficient (Wildman–Crippen LogP) is 2.86. The molecule has 0 radical (unpaired) electrons. The van der Waals surface area contributed by atoms with E-state index in [0.29, 0.717) is 4.88 Å². The van der Waals surface area contributed by atoms with E-state index in [1.165, 1.54) is 5.56 Å². The molecule has 5 nitrogen and oxygen atoms in total. The van der Waals surface area contributed by atoms with Gasteiger partial charge in [0.2, 0.25) is 0 Å². The third kappa shape index (κ3) is 4.27. The summed E-state index contributed by atoms with van der Waals surface area (Å²) < 4.78 is 8.99. The average Bonchev–Trinajstić information content (AvgIpc) is 3.02. The van der Waals surface area contributed by atoms with Crippen molar-refractivity contribution in [3.05, 3.63) is 40.4 Å². The number of amides is 1. The first-order chi connectivity index (χ1) is 10.6.